The van der Waals surface area contributed by atoms with Crippen molar-refractivity contribution in [3.8, 4) is 0 Å². The van der Waals surface area contributed by atoms with Gasteiger partial charge in [0.15, 0.2) is 0 Å². The van der Waals surface area contributed by atoms with Gasteiger partial charge in [-0.2, -0.15) is 0 Å². The lowest BCUT2D eigenvalue weighted by Crippen LogP contribution is -2.07. The van der Waals surface area contributed by atoms with Crippen LogP contribution in [0.25, 0.3) is 0 Å². The molecule has 0 unspecified atom stereocenters. The number of benzene rings is 1. The third-order valence-electron chi connectivity index (χ3n) is 1.39. The molecule has 0 heterocycles. The first-order valence-corrected chi connectivity index (χ1v) is 4.26. The van der Waals surface area contributed by atoms with Crippen LogP contribution in [0.15, 0.2) is 22.7 Å². The van der Waals surface area contributed by atoms with Gasteiger partial charge in [-0.1, -0.05) is 22.0 Å². The zero-order chi connectivity index (χ0) is 8.97. The second-order valence-electron chi connectivity index (χ2n) is 2.23. The van der Waals surface area contributed by atoms with Crippen LogP contribution in [0.1, 0.15) is 5.56 Å². The monoisotopic (exact) mass is 233 g/mol. The van der Waals surface area contributed by atoms with Crippen molar-refractivity contribution >= 4 is 15.9 Å². The summed E-state index contributed by atoms with van der Waals surface area (Å²) in [7, 11) is 1.64. The maximum atomic E-state index is 13.0. The minimum absolute atomic E-state index is 0.232. The quantitative estimate of drug-likeness (QED) is 0.809. The second kappa shape index (κ2) is 4.54. The zero-order valence-corrected chi connectivity index (χ0v) is 8.19. The van der Waals surface area contributed by atoms with E-state index in [0.29, 0.717) is 5.56 Å². The zero-order valence-electron chi connectivity index (χ0n) is 6.60. The first kappa shape index (κ1) is 9.64. The Morgan fingerprint density at radius 3 is 2.92 bits per heavy atom. The minimum atomic E-state index is -0.264. The highest BCUT2D eigenvalue weighted by molar-refractivity contribution is 9.10. The molecular formula is C8H9BrFNO. The topological polar surface area (TPSA) is 21.3 Å². The van der Waals surface area contributed by atoms with Crippen molar-refractivity contribution in [2.24, 2.45) is 0 Å². The fourth-order valence-corrected chi connectivity index (χ4v) is 1.12. The average Bonchev–Trinajstić information content (AvgIpc) is 2.03. The predicted molar refractivity (Wildman–Crippen MR) is 47.9 cm³/mol. The SMILES string of the molecule is CNOCc1ccc(Br)cc1F. The molecule has 1 aromatic carbocycles. The van der Waals surface area contributed by atoms with Crippen LogP contribution in [-0.4, -0.2) is 7.05 Å². The number of hydroxylamine groups is 1. The molecule has 12 heavy (non-hydrogen) atoms. The van der Waals surface area contributed by atoms with E-state index in [4.69, 9.17) is 4.84 Å². The molecule has 0 aliphatic heterocycles. The summed E-state index contributed by atoms with van der Waals surface area (Å²) in [4.78, 5) is 4.83. The van der Waals surface area contributed by atoms with Crippen molar-refractivity contribution in [3.05, 3.63) is 34.1 Å². The molecule has 0 atom stereocenters. The molecule has 0 saturated heterocycles. The molecule has 0 aliphatic rings. The predicted octanol–water partition coefficient (Wildman–Crippen LogP) is 2.24. The van der Waals surface area contributed by atoms with Crippen molar-refractivity contribution in [2.75, 3.05) is 7.05 Å². The van der Waals surface area contributed by atoms with Gasteiger partial charge in [0, 0.05) is 17.1 Å². The van der Waals surface area contributed by atoms with E-state index in [0.717, 1.165) is 4.47 Å². The van der Waals surface area contributed by atoms with E-state index in [1.165, 1.54) is 6.07 Å². The van der Waals surface area contributed by atoms with Gasteiger partial charge in [0.05, 0.1) is 6.61 Å². The molecule has 1 rings (SSSR count). The molecule has 0 radical (unpaired) electrons. The van der Waals surface area contributed by atoms with Gasteiger partial charge in [-0.25, -0.2) is 9.87 Å². The first-order chi connectivity index (χ1) is 5.74. The lowest BCUT2D eigenvalue weighted by molar-refractivity contribution is 0.0427. The van der Waals surface area contributed by atoms with Crippen molar-refractivity contribution < 1.29 is 9.23 Å². The van der Waals surface area contributed by atoms with Gasteiger partial charge in [-0.3, -0.25) is 4.84 Å². The van der Waals surface area contributed by atoms with Crippen molar-refractivity contribution in [1.29, 1.82) is 0 Å². The van der Waals surface area contributed by atoms with Gasteiger partial charge in [0.25, 0.3) is 0 Å². The summed E-state index contributed by atoms with van der Waals surface area (Å²) in [6.07, 6.45) is 0. The highest BCUT2D eigenvalue weighted by atomic mass is 79.9. The molecular weight excluding hydrogens is 225 g/mol. The van der Waals surface area contributed by atoms with Gasteiger partial charge in [0.2, 0.25) is 0 Å². The van der Waals surface area contributed by atoms with E-state index in [1.54, 1.807) is 19.2 Å². The number of hydrogen-bond acceptors (Lipinski definition) is 2. The molecule has 0 aliphatic carbocycles. The summed E-state index contributed by atoms with van der Waals surface area (Å²) in [5.41, 5.74) is 3.01. The molecule has 4 heteroatoms. The van der Waals surface area contributed by atoms with Crippen LogP contribution in [0.5, 0.6) is 0 Å². The van der Waals surface area contributed by atoms with E-state index in [-0.39, 0.29) is 12.4 Å². The van der Waals surface area contributed by atoms with E-state index >= 15 is 0 Å². The normalized spacial score (nSPS) is 10.2. The van der Waals surface area contributed by atoms with Crippen molar-refractivity contribution in [3.63, 3.8) is 0 Å². The highest BCUT2D eigenvalue weighted by Crippen LogP contribution is 2.15. The first-order valence-electron chi connectivity index (χ1n) is 3.46. The Balaban J connectivity index is 2.72. The Hall–Kier alpha value is -0.450. The third-order valence-corrected chi connectivity index (χ3v) is 1.88. The highest BCUT2D eigenvalue weighted by Gasteiger charge is 2.01. The van der Waals surface area contributed by atoms with Crippen molar-refractivity contribution in [2.45, 2.75) is 6.61 Å². The van der Waals surface area contributed by atoms with E-state index in [2.05, 4.69) is 21.4 Å². The largest absolute Gasteiger partial charge is 0.297 e. The fraction of sp³-hybridized carbons (Fsp3) is 0.250. The molecule has 1 aromatic rings. The second-order valence-corrected chi connectivity index (χ2v) is 3.14. The number of hydrogen-bond donors (Lipinski definition) is 1. The fourth-order valence-electron chi connectivity index (χ4n) is 0.789. The molecule has 0 amide bonds. The molecule has 1 N–H and O–H groups in total. The minimum Gasteiger partial charge on any atom is -0.297 e. The maximum Gasteiger partial charge on any atom is 0.129 e. The molecule has 0 spiro atoms. The summed E-state index contributed by atoms with van der Waals surface area (Å²) in [5, 5.41) is 0. The molecule has 0 bridgehead atoms. The van der Waals surface area contributed by atoms with Gasteiger partial charge >= 0.3 is 0 Å². The van der Waals surface area contributed by atoms with Crippen LogP contribution in [-0.2, 0) is 11.4 Å². The van der Waals surface area contributed by atoms with Gasteiger partial charge < -0.3 is 0 Å². The van der Waals surface area contributed by atoms with Crippen LogP contribution in [0.3, 0.4) is 0 Å². The van der Waals surface area contributed by atoms with Gasteiger partial charge in [-0.05, 0) is 12.1 Å². The third kappa shape index (κ3) is 2.55. The summed E-state index contributed by atoms with van der Waals surface area (Å²) in [5.74, 6) is -0.264. The number of halogens is 2. The van der Waals surface area contributed by atoms with E-state index in [1.807, 2.05) is 0 Å². The van der Waals surface area contributed by atoms with E-state index in [9.17, 15) is 4.39 Å². The molecule has 0 saturated carbocycles. The van der Waals surface area contributed by atoms with Gasteiger partial charge in [0.1, 0.15) is 5.82 Å². The van der Waals surface area contributed by atoms with Crippen LogP contribution in [0.4, 0.5) is 4.39 Å². The Morgan fingerprint density at radius 2 is 2.33 bits per heavy atom. The maximum absolute atomic E-state index is 13.0. The number of nitrogens with one attached hydrogen (secondary N) is 1. The smallest absolute Gasteiger partial charge is 0.129 e. The summed E-state index contributed by atoms with van der Waals surface area (Å²) in [6.45, 7) is 0.232. The molecule has 2 nitrogen and oxygen atoms in total. The van der Waals surface area contributed by atoms with Gasteiger partial charge in [-0.15, -0.1) is 0 Å². The average molecular weight is 234 g/mol. The molecule has 0 aromatic heterocycles. The van der Waals surface area contributed by atoms with Crippen LogP contribution < -0.4 is 5.48 Å². The lowest BCUT2D eigenvalue weighted by atomic mass is 10.2. The van der Waals surface area contributed by atoms with Crippen LogP contribution >= 0.6 is 15.9 Å². The van der Waals surface area contributed by atoms with Crippen molar-refractivity contribution in [1.82, 2.24) is 5.48 Å². The Bertz CT molecular complexity index is 267. The Labute approximate surface area is 78.8 Å². The van der Waals surface area contributed by atoms with Crippen LogP contribution in [0, 0.1) is 5.82 Å². The van der Waals surface area contributed by atoms with Crippen LogP contribution in [0.2, 0.25) is 0 Å². The summed E-state index contributed by atoms with van der Waals surface area (Å²) < 4.78 is 13.8. The number of rotatable bonds is 3. The summed E-state index contributed by atoms with van der Waals surface area (Å²) >= 11 is 3.17. The standard InChI is InChI=1S/C8H9BrFNO/c1-11-12-5-6-2-3-7(9)4-8(6)10/h2-4,11H,5H2,1H3. The van der Waals surface area contributed by atoms with E-state index < -0.39 is 0 Å². The summed E-state index contributed by atoms with van der Waals surface area (Å²) in [6, 6.07) is 4.86. The molecule has 66 valence electrons. The Kier molecular flexibility index (Phi) is 3.65. The Morgan fingerprint density at radius 1 is 1.58 bits per heavy atom. The lowest BCUT2D eigenvalue weighted by Gasteiger charge is -2.02. The molecule has 0 fully saturated rings.